The highest BCUT2D eigenvalue weighted by Crippen LogP contribution is 2.30. The van der Waals surface area contributed by atoms with Gasteiger partial charge in [-0.3, -0.25) is 0 Å². The molecule has 0 aliphatic heterocycles. The van der Waals surface area contributed by atoms with Crippen LogP contribution in [0.5, 0.6) is 5.88 Å². The van der Waals surface area contributed by atoms with Crippen molar-refractivity contribution in [3.8, 4) is 5.88 Å². The van der Waals surface area contributed by atoms with Crippen molar-refractivity contribution in [3.63, 3.8) is 0 Å². The van der Waals surface area contributed by atoms with Gasteiger partial charge in [-0.2, -0.15) is 0 Å². The maximum Gasteiger partial charge on any atom is 0.574 e. The lowest BCUT2D eigenvalue weighted by Gasteiger charge is -2.13. The maximum absolute atomic E-state index is 12.2. The summed E-state index contributed by atoms with van der Waals surface area (Å²) in [5.74, 6) is -0.956. The molecule has 0 spiro atoms. The van der Waals surface area contributed by atoms with Gasteiger partial charge in [-0.05, 0) is 13.0 Å². The van der Waals surface area contributed by atoms with Crippen LogP contribution in [0, 0.1) is 6.92 Å². The van der Waals surface area contributed by atoms with Gasteiger partial charge in [0.15, 0.2) is 0 Å². The number of rotatable bonds is 2. The van der Waals surface area contributed by atoms with Crippen molar-refractivity contribution < 1.29 is 26.7 Å². The maximum atomic E-state index is 12.2. The van der Waals surface area contributed by atoms with Crippen molar-refractivity contribution in [1.82, 2.24) is 4.98 Å². The summed E-state index contributed by atoms with van der Waals surface area (Å²) < 4.78 is 63.6. The van der Waals surface area contributed by atoms with Gasteiger partial charge in [0.1, 0.15) is 5.69 Å². The second kappa shape index (κ2) is 4.11. The number of hydrogen-bond donors (Lipinski definition) is 1. The molecule has 0 aliphatic rings. The average molecular weight is 242 g/mol. The first kappa shape index (κ1) is 12.5. The minimum atomic E-state index is -5.00. The van der Waals surface area contributed by atoms with Gasteiger partial charge in [0.25, 0.3) is 6.43 Å². The van der Waals surface area contributed by atoms with E-state index in [0.717, 1.165) is 6.07 Å². The number of anilines is 1. The van der Waals surface area contributed by atoms with E-state index >= 15 is 0 Å². The predicted molar refractivity (Wildman–Crippen MR) is 45.0 cm³/mol. The topological polar surface area (TPSA) is 48.1 Å². The van der Waals surface area contributed by atoms with Crippen molar-refractivity contribution >= 4 is 5.69 Å². The Morgan fingerprint density at radius 2 is 1.94 bits per heavy atom. The van der Waals surface area contributed by atoms with Crippen LogP contribution in [0.1, 0.15) is 17.7 Å². The van der Waals surface area contributed by atoms with Gasteiger partial charge >= 0.3 is 6.36 Å². The highest BCUT2D eigenvalue weighted by molar-refractivity contribution is 5.51. The van der Waals surface area contributed by atoms with Crippen LogP contribution < -0.4 is 10.5 Å². The van der Waals surface area contributed by atoms with Gasteiger partial charge < -0.3 is 10.5 Å². The number of nitrogens with zero attached hydrogens (tertiary/aromatic N) is 1. The molecule has 0 amide bonds. The van der Waals surface area contributed by atoms with Gasteiger partial charge in [-0.1, -0.05) is 0 Å². The number of alkyl halides is 5. The first-order valence-electron chi connectivity index (χ1n) is 4.01. The van der Waals surface area contributed by atoms with Crippen molar-refractivity contribution in [2.24, 2.45) is 0 Å². The Morgan fingerprint density at radius 3 is 2.38 bits per heavy atom. The number of aromatic nitrogens is 1. The highest BCUT2D eigenvalue weighted by atomic mass is 19.4. The second-order valence-electron chi connectivity index (χ2n) is 2.92. The summed E-state index contributed by atoms with van der Waals surface area (Å²) in [6.07, 6.45) is -8.01. The Morgan fingerprint density at radius 1 is 1.38 bits per heavy atom. The third-order valence-electron chi connectivity index (χ3n) is 1.72. The largest absolute Gasteiger partial charge is 0.574 e. The zero-order valence-corrected chi connectivity index (χ0v) is 7.98. The fourth-order valence-corrected chi connectivity index (χ4v) is 0.945. The van der Waals surface area contributed by atoms with Crippen LogP contribution in [0.25, 0.3) is 0 Å². The van der Waals surface area contributed by atoms with E-state index in [1.165, 1.54) is 6.92 Å². The van der Waals surface area contributed by atoms with E-state index in [2.05, 4.69) is 9.72 Å². The molecule has 1 heterocycles. The third-order valence-corrected chi connectivity index (χ3v) is 1.72. The molecule has 16 heavy (non-hydrogen) atoms. The molecule has 1 aromatic heterocycles. The minimum absolute atomic E-state index is 0.137. The monoisotopic (exact) mass is 242 g/mol. The molecule has 0 aliphatic carbocycles. The zero-order chi connectivity index (χ0) is 12.5. The third kappa shape index (κ3) is 2.94. The van der Waals surface area contributed by atoms with E-state index < -0.39 is 24.4 Å². The molecule has 0 bridgehead atoms. The standard InChI is InChI=1S/C8H7F5N2O/c1-3-4(14)2-5(6(9)10)15-7(3)16-8(11,12)13/h2,6H,1H3,(H2,14,15). The Bertz CT molecular complexity index is 391. The number of ether oxygens (including phenoxy) is 1. The summed E-state index contributed by atoms with van der Waals surface area (Å²) in [5, 5.41) is 0. The summed E-state index contributed by atoms with van der Waals surface area (Å²) in [6, 6.07) is 0.809. The molecule has 8 heteroatoms. The first-order valence-corrected chi connectivity index (χ1v) is 4.01. The fraction of sp³-hybridized carbons (Fsp3) is 0.375. The van der Waals surface area contributed by atoms with E-state index in [9.17, 15) is 22.0 Å². The van der Waals surface area contributed by atoms with E-state index in [1.54, 1.807) is 0 Å². The molecule has 1 rings (SSSR count). The van der Waals surface area contributed by atoms with Crippen LogP contribution in [0.15, 0.2) is 6.07 Å². The second-order valence-corrected chi connectivity index (χ2v) is 2.92. The zero-order valence-electron chi connectivity index (χ0n) is 7.98. The molecule has 2 N–H and O–H groups in total. The van der Waals surface area contributed by atoms with Gasteiger partial charge in [0.05, 0.1) is 0 Å². The number of halogens is 5. The lowest BCUT2D eigenvalue weighted by Crippen LogP contribution is -2.19. The molecule has 0 aromatic carbocycles. The molecule has 0 saturated heterocycles. The molecule has 0 radical (unpaired) electrons. The summed E-state index contributed by atoms with van der Waals surface area (Å²) >= 11 is 0. The quantitative estimate of drug-likeness (QED) is 0.811. The molecule has 0 atom stereocenters. The highest BCUT2D eigenvalue weighted by Gasteiger charge is 2.33. The van der Waals surface area contributed by atoms with E-state index in [1.807, 2.05) is 0 Å². The summed E-state index contributed by atoms with van der Waals surface area (Å²) in [5.41, 5.74) is 4.03. The Balaban J connectivity index is 3.17. The van der Waals surface area contributed by atoms with Gasteiger partial charge in [-0.25, -0.2) is 13.8 Å². The average Bonchev–Trinajstić information content (AvgIpc) is 2.10. The first-order chi connectivity index (χ1) is 7.20. The molecule has 90 valence electrons. The van der Waals surface area contributed by atoms with Crippen molar-refractivity contribution in [3.05, 3.63) is 17.3 Å². The predicted octanol–water partition coefficient (Wildman–Crippen LogP) is 2.81. The molecule has 0 unspecified atom stereocenters. The van der Waals surface area contributed by atoms with Gasteiger partial charge in [0, 0.05) is 11.3 Å². The molecule has 1 aromatic rings. The molecular formula is C8H7F5N2O. The van der Waals surface area contributed by atoms with Crippen LogP contribution in [0.3, 0.4) is 0 Å². The summed E-state index contributed by atoms with van der Waals surface area (Å²) in [7, 11) is 0. The molecule has 0 fully saturated rings. The van der Waals surface area contributed by atoms with E-state index in [4.69, 9.17) is 5.73 Å². The van der Waals surface area contributed by atoms with Crippen molar-refractivity contribution in [1.29, 1.82) is 0 Å². The van der Waals surface area contributed by atoms with Gasteiger partial charge in [-0.15, -0.1) is 13.2 Å². The van der Waals surface area contributed by atoms with Crippen LogP contribution in [0.2, 0.25) is 0 Å². The van der Waals surface area contributed by atoms with Gasteiger partial charge in [0.2, 0.25) is 5.88 Å². The number of hydrogen-bond acceptors (Lipinski definition) is 3. The lowest BCUT2D eigenvalue weighted by atomic mass is 10.2. The van der Waals surface area contributed by atoms with Crippen molar-refractivity contribution in [2.45, 2.75) is 19.7 Å². The Hall–Kier alpha value is -1.60. The lowest BCUT2D eigenvalue weighted by molar-refractivity contribution is -0.276. The molecule has 0 saturated carbocycles. The SMILES string of the molecule is Cc1c(N)cc(C(F)F)nc1OC(F)(F)F. The smallest absolute Gasteiger partial charge is 0.398 e. The summed E-state index contributed by atoms with van der Waals surface area (Å²) in [6.45, 7) is 1.19. The van der Waals surface area contributed by atoms with E-state index in [-0.39, 0.29) is 11.3 Å². The molecular weight excluding hydrogens is 235 g/mol. The van der Waals surface area contributed by atoms with Crippen LogP contribution in [-0.4, -0.2) is 11.3 Å². The fourth-order valence-electron chi connectivity index (χ4n) is 0.945. The number of pyridine rings is 1. The minimum Gasteiger partial charge on any atom is -0.398 e. The Labute approximate surface area is 87.0 Å². The Kier molecular flexibility index (Phi) is 3.20. The number of nitrogen functional groups attached to an aromatic ring is 1. The normalized spacial score (nSPS) is 11.9. The summed E-state index contributed by atoms with van der Waals surface area (Å²) in [4.78, 5) is 3.05. The van der Waals surface area contributed by atoms with Crippen LogP contribution in [-0.2, 0) is 0 Å². The van der Waals surface area contributed by atoms with Crippen molar-refractivity contribution in [2.75, 3.05) is 5.73 Å². The van der Waals surface area contributed by atoms with Crippen LogP contribution >= 0.6 is 0 Å². The van der Waals surface area contributed by atoms with E-state index in [0.29, 0.717) is 0 Å². The van der Waals surface area contributed by atoms with Crippen LogP contribution in [0.4, 0.5) is 27.6 Å². The number of nitrogens with two attached hydrogens (primary N) is 1. The molecule has 3 nitrogen and oxygen atoms in total.